The maximum Gasteiger partial charge on any atom is 0.358 e. The second-order valence-electron chi connectivity index (χ2n) is 7.05. The Morgan fingerprint density at radius 2 is 1.90 bits per heavy atom. The number of aromatic nitrogens is 2. The fourth-order valence-corrected chi connectivity index (χ4v) is 3.95. The number of hydrogen-bond acceptors (Lipinski definition) is 4. The van der Waals surface area contributed by atoms with Gasteiger partial charge in [0, 0.05) is 27.1 Å². The number of benzene rings is 2. The van der Waals surface area contributed by atoms with Crippen LogP contribution in [0.4, 0.5) is 0 Å². The molecule has 0 fully saturated rings. The van der Waals surface area contributed by atoms with Gasteiger partial charge in [-0.2, -0.15) is 0 Å². The molecule has 0 saturated heterocycles. The number of halogens is 2. The Labute approximate surface area is 179 Å². The van der Waals surface area contributed by atoms with Gasteiger partial charge in [-0.05, 0) is 24.3 Å². The van der Waals surface area contributed by atoms with Crippen molar-refractivity contribution in [2.24, 2.45) is 4.99 Å². The lowest BCUT2D eigenvalue weighted by Gasteiger charge is -2.16. The summed E-state index contributed by atoms with van der Waals surface area (Å²) in [5.41, 5.74) is 4.18. The highest BCUT2D eigenvalue weighted by Crippen LogP contribution is 2.34. The van der Waals surface area contributed by atoms with E-state index in [4.69, 9.17) is 32.9 Å². The van der Waals surface area contributed by atoms with Crippen molar-refractivity contribution in [3.8, 4) is 5.69 Å². The summed E-state index contributed by atoms with van der Waals surface area (Å²) in [5, 5.41) is 1.19. The molecule has 0 atom stereocenters. The van der Waals surface area contributed by atoms with Crippen molar-refractivity contribution in [1.82, 2.24) is 9.55 Å². The first-order valence-electron chi connectivity index (χ1n) is 9.21. The molecule has 0 radical (unpaired) electrons. The number of esters is 1. The van der Waals surface area contributed by atoms with E-state index in [9.17, 15) is 4.79 Å². The Bertz CT molecular complexity index is 1150. The van der Waals surface area contributed by atoms with Crippen LogP contribution in [0.2, 0.25) is 10.0 Å². The van der Waals surface area contributed by atoms with Crippen LogP contribution in [-0.4, -0.2) is 28.3 Å². The first-order chi connectivity index (χ1) is 13.9. The fraction of sp³-hybridized carbons (Fsp3) is 0.227. The van der Waals surface area contributed by atoms with E-state index in [1.807, 2.05) is 60.9 Å². The van der Waals surface area contributed by atoms with Crippen LogP contribution in [0.5, 0.6) is 0 Å². The molecule has 0 aliphatic carbocycles. The molecule has 0 bridgehead atoms. The zero-order valence-electron chi connectivity index (χ0n) is 16.2. The van der Waals surface area contributed by atoms with Gasteiger partial charge in [0.25, 0.3) is 0 Å². The molecule has 0 saturated carbocycles. The first-order valence-corrected chi connectivity index (χ1v) is 9.97. The minimum absolute atomic E-state index is 0.0811. The van der Waals surface area contributed by atoms with E-state index in [1.54, 1.807) is 0 Å². The van der Waals surface area contributed by atoms with E-state index in [0.717, 1.165) is 28.4 Å². The summed E-state index contributed by atoms with van der Waals surface area (Å²) in [6.07, 6.45) is 0. The Kier molecular flexibility index (Phi) is 5.19. The summed E-state index contributed by atoms with van der Waals surface area (Å²) in [4.78, 5) is 21.9. The molecule has 1 aromatic heterocycles. The van der Waals surface area contributed by atoms with E-state index < -0.39 is 5.97 Å². The van der Waals surface area contributed by atoms with E-state index in [-0.39, 0.29) is 18.2 Å². The average Bonchev–Trinajstić information content (AvgIpc) is 3.01. The molecule has 2 heterocycles. The van der Waals surface area contributed by atoms with Crippen molar-refractivity contribution < 1.29 is 9.53 Å². The lowest BCUT2D eigenvalue weighted by Crippen LogP contribution is -2.10. The van der Waals surface area contributed by atoms with E-state index in [0.29, 0.717) is 15.7 Å². The Hall–Kier alpha value is -2.63. The normalized spacial score (nSPS) is 12.8. The molecular weight excluding hydrogens is 409 g/mol. The number of imidazole rings is 1. The van der Waals surface area contributed by atoms with Gasteiger partial charge >= 0.3 is 5.97 Å². The third kappa shape index (κ3) is 3.34. The number of ether oxygens (including phenoxy) is 1. The highest BCUT2D eigenvalue weighted by atomic mass is 35.5. The highest BCUT2D eigenvalue weighted by molar-refractivity contribution is 6.36. The minimum Gasteiger partial charge on any atom is -0.464 e. The fourth-order valence-electron chi connectivity index (χ4n) is 3.55. The Morgan fingerprint density at radius 1 is 1.14 bits per heavy atom. The molecule has 1 aliphatic heterocycles. The summed E-state index contributed by atoms with van der Waals surface area (Å²) >= 11 is 12.8. The lowest BCUT2D eigenvalue weighted by atomic mass is 10.00. The van der Waals surface area contributed by atoms with E-state index >= 15 is 0 Å². The second kappa shape index (κ2) is 7.65. The van der Waals surface area contributed by atoms with Gasteiger partial charge in [0.05, 0.1) is 30.7 Å². The maximum atomic E-state index is 12.4. The van der Waals surface area contributed by atoms with Crippen LogP contribution in [0.15, 0.2) is 47.5 Å². The van der Waals surface area contributed by atoms with Gasteiger partial charge in [0.1, 0.15) is 5.82 Å². The molecule has 0 unspecified atom stereocenters. The van der Waals surface area contributed by atoms with Crippen molar-refractivity contribution >= 4 is 34.9 Å². The van der Waals surface area contributed by atoms with Gasteiger partial charge < -0.3 is 4.74 Å². The van der Waals surface area contributed by atoms with Crippen LogP contribution in [0.3, 0.4) is 0 Å². The topological polar surface area (TPSA) is 56.5 Å². The SMILES string of the molecule is COC(=O)c1nc(C(C)C)n2c1CN=C(c1ccccc1Cl)c1cc(Cl)ccc1-2. The quantitative estimate of drug-likeness (QED) is 0.522. The Morgan fingerprint density at radius 3 is 2.59 bits per heavy atom. The van der Waals surface area contributed by atoms with Gasteiger partial charge in [0.2, 0.25) is 0 Å². The molecule has 7 heteroatoms. The summed E-state index contributed by atoms with van der Waals surface area (Å²) in [6, 6.07) is 13.2. The van der Waals surface area contributed by atoms with Crippen LogP contribution in [-0.2, 0) is 11.3 Å². The van der Waals surface area contributed by atoms with Crippen LogP contribution >= 0.6 is 23.2 Å². The molecule has 0 N–H and O–H groups in total. The molecule has 29 heavy (non-hydrogen) atoms. The van der Waals surface area contributed by atoms with Gasteiger partial charge in [-0.3, -0.25) is 9.56 Å². The van der Waals surface area contributed by atoms with Crippen LogP contribution < -0.4 is 0 Å². The van der Waals surface area contributed by atoms with Crippen molar-refractivity contribution in [2.75, 3.05) is 7.11 Å². The Balaban J connectivity index is 2.05. The summed E-state index contributed by atoms with van der Waals surface area (Å²) in [6.45, 7) is 4.33. The van der Waals surface area contributed by atoms with E-state index in [2.05, 4.69) is 4.98 Å². The van der Waals surface area contributed by atoms with Crippen LogP contribution in [0.25, 0.3) is 5.69 Å². The molecular formula is C22H19Cl2N3O2. The third-order valence-electron chi connectivity index (χ3n) is 4.86. The van der Waals surface area contributed by atoms with E-state index in [1.165, 1.54) is 7.11 Å². The van der Waals surface area contributed by atoms with Crippen molar-refractivity contribution in [3.63, 3.8) is 0 Å². The van der Waals surface area contributed by atoms with Crippen molar-refractivity contribution in [2.45, 2.75) is 26.3 Å². The monoisotopic (exact) mass is 427 g/mol. The minimum atomic E-state index is -0.479. The zero-order chi connectivity index (χ0) is 20.7. The number of carbonyl (C=O) groups excluding carboxylic acids is 1. The second-order valence-corrected chi connectivity index (χ2v) is 7.90. The van der Waals surface area contributed by atoms with Gasteiger partial charge in [0.15, 0.2) is 5.69 Å². The molecule has 4 rings (SSSR count). The molecule has 148 valence electrons. The summed E-state index contributed by atoms with van der Waals surface area (Å²) in [7, 11) is 1.35. The highest BCUT2D eigenvalue weighted by Gasteiger charge is 2.29. The number of methoxy groups -OCH3 is 1. The van der Waals surface area contributed by atoms with Crippen LogP contribution in [0, 0.1) is 0 Å². The number of rotatable bonds is 3. The smallest absolute Gasteiger partial charge is 0.358 e. The molecule has 0 spiro atoms. The van der Waals surface area contributed by atoms with Gasteiger partial charge in [-0.25, -0.2) is 9.78 Å². The van der Waals surface area contributed by atoms with Crippen LogP contribution in [0.1, 0.15) is 52.9 Å². The summed E-state index contributed by atoms with van der Waals surface area (Å²) < 4.78 is 6.96. The number of hydrogen-bond donors (Lipinski definition) is 0. The number of carbonyl (C=O) groups is 1. The predicted octanol–water partition coefficient (Wildman–Crippen LogP) is 5.44. The summed E-state index contributed by atoms with van der Waals surface area (Å²) in [5.74, 6) is 0.365. The van der Waals surface area contributed by atoms with Gasteiger partial charge in [-0.15, -0.1) is 0 Å². The first kappa shape index (κ1) is 19.7. The molecule has 1 aliphatic rings. The molecule has 5 nitrogen and oxygen atoms in total. The lowest BCUT2D eigenvalue weighted by molar-refractivity contribution is 0.0593. The van der Waals surface area contributed by atoms with Crippen molar-refractivity contribution in [1.29, 1.82) is 0 Å². The largest absolute Gasteiger partial charge is 0.464 e. The zero-order valence-corrected chi connectivity index (χ0v) is 17.8. The van der Waals surface area contributed by atoms with Crippen molar-refractivity contribution in [3.05, 3.63) is 80.8 Å². The standard InChI is InChI=1S/C22H19Cl2N3O2/c1-12(2)21-26-20(22(28)29-3)18-11-25-19(14-6-4-5-7-16(14)24)15-10-13(23)8-9-17(15)27(18)21/h4-10,12H,11H2,1-3H3. The molecule has 2 aromatic carbocycles. The van der Waals surface area contributed by atoms with Gasteiger partial charge in [-0.1, -0.05) is 55.2 Å². The third-order valence-corrected chi connectivity index (χ3v) is 5.43. The predicted molar refractivity (Wildman–Crippen MR) is 115 cm³/mol. The maximum absolute atomic E-state index is 12.4. The number of fused-ring (bicyclic) bond motifs is 3. The molecule has 0 amide bonds. The molecule has 3 aromatic rings. The number of nitrogens with zero attached hydrogens (tertiary/aromatic N) is 3. The number of aliphatic imine (C=N–C) groups is 1. The average molecular weight is 428 g/mol.